The van der Waals surface area contributed by atoms with Crippen molar-refractivity contribution in [1.82, 2.24) is 0 Å². The summed E-state index contributed by atoms with van der Waals surface area (Å²) < 4.78 is 0. The lowest BCUT2D eigenvalue weighted by molar-refractivity contribution is 0.134. The summed E-state index contributed by atoms with van der Waals surface area (Å²) >= 11 is 3.14. The van der Waals surface area contributed by atoms with E-state index in [1.807, 2.05) is 6.92 Å². The van der Waals surface area contributed by atoms with Gasteiger partial charge in [-0.1, -0.05) is 29.3 Å². The summed E-state index contributed by atoms with van der Waals surface area (Å²) in [6.45, 7) is 2.00. The fourth-order valence-electron chi connectivity index (χ4n) is 0.598. The second kappa shape index (κ2) is 5.21. The highest BCUT2D eigenvalue weighted by atomic mass is 79.9. The second-order valence-electron chi connectivity index (χ2n) is 2.05. The number of alkyl halides is 1. The van der Waals surface area contributed by atoms with Gasteiger partial charge in [-0.2, -0.15) is 0 Å². The van der Waals surface area contributed by atoms with Crippen molar-refractivity contribution in [3.63, 3.8) is 0 Å². The third kappa shape index (κ3) is 3.89. The highest BCUT2D eigenvalue weighted by Crippen LogP contribution is 2.09. The van der Waals surface area contributed by atoms with Gasteiger partial charge < -0.3 is 10.2 Å². The molecule has 2 atom stereocenters. The van der Waals surface area contributed by atoms with Gasteiger partial charge in [0.25, 0.3) is 0 Å². The molecule has 0 heterocycles. The van der Waals surface area contributed by atoms with Crippen LogP contribution in [-0.4, -0.2) is 27.8 Å². The predicted molar refractivity (Wildman–Crippen MR) is 40.7 cm³/mol. The SMILES string of the molecule is CCCC(O)C(Br)CO. The zero-order valence-corrected chi connectivity index (χ0v) is 7.13. The average Bonchev–Trinajstić information content (AvgIpc) is 1.87. The lowest BCUT2D eigenvalue weighted by Crippen LogP contribution is -2.23. The van der Waals surface area contributed by atoms with Crippen molar-refractivity contribution < 1.29 is 10.2 Å². The number of rotatable bonds is 4. The van der Waals surface area contributed by atoms with Gasteiger partial charge in [0.1, 0.15) is 0 Å². The van der Waals surface area contributed by atoms with E-state index >= 15 is 0 Å². The minimum atomic E-state index is -0.403. The van der Waals surface area contributed by atoms with E-state index in [0.29, 0.717) is 0 Å². The van der Waals surface area contributed by atoms with Crippen molar-refractivity contribution in [2.75, 3.05) is 6.61 Å². The molecule has 0 saturated heterocycles. The lowest BCUT2D eigenvalue weighted by atomic mass is 10.1. The molecule has 9 heavy (non-hydrogen) atoms. The van der Waals surface area contributed by atoms with Gasteiger partial charge in [0.15, 0.2) is 0 Å². The molecular weight excluding hydrogens is 184 g/mol. The molecule has 2 nitrogen and oxygen atoms in total. The van der Waals surface area contributed by atoms with Crippen LogP contribution in [-0.2, 0) is 0 Å². The van der Waals surface area contributed by atoms with Gasteiger partial charge in [-0.25, -0.2) is 0 Å². The zero-order chi connectivity index (χ0) is 7.28. The number of hydrogen-bond acceptors (Lipinski definition) is 2. The zero-order valence-electron chi connectivity index (χ0n) is 5.55. The van der Waals surface area contributed by atoms with Crippen molar-refractivity contribution in [3.05, 3.63) is 0 Å². The molecule has 0 aromatic heterocycles. The summed E-state index contributed by atoms with van der Waals surface area (Å²) in [4.78, 5) is -0.155. The van der Waals surface area contributed by atoms with E-state index in [4.69, 9.17) is 10.2 Å². The summed E-state index contributed by atoms with van der Waals surface area (Å²) in [5, 5.41) is 17.6. The minimum absolute atomic E-state index is 0.00116. The largest absolute Gasteiger partial charge is 0.395 e. The highest BCUT2D eigenvalue weighted by Gasteiger charge is 2.12. The molecule has 3 heteroatoms. The smallest absolute Gasteiger partial charge is 0.0687 e. The van der Waals surface area contributed by atoms with Crippen LogP contribution in [0.25, 0.3) is 0 Å². The fraction of sp³-hybridized carbons (Fsp3) is 1.00. The van der Waals surface area contributed by atoms with Crippen molar-refractivity contribution in [3.8, 4) is 0 Å². The molecular formula is C6H13BrO2. The summed E-state index contributed by atoms with van der Waals surface area (Å²) in [5.41, 5.74) is 0. The van der Waals surface area contributed by atoms with Crippen LogP contribution >= 0.6 is 15.9 Å². The van der Waals surface area contributed by atoms with Gasteiger partial charge in [0.2, 0.25) is 0 Å². The maximum atomic E-state index is 9.11. The Hall–Kier alpha value is 0.400. The number of aliphatic hydroxyl groups is 2. The Labute approximate surface area is 64.0 Å². The molecule has 0 radical (unpaired) electrons. The van der Waals surface area contributed by atoms with Crippen LogP contribution in [0.4, 0.5) is 0 Å². The lowest BCUT2D eigenvalue weighted by Gasteiger charge is -2.12. The molecule has 0 spiro atoms. The first-order valence-corrected chi connectivity index (χ1v) is 4.07. The second-order valence-corrected chi connectivity index (χ2v) is 3.23. The first kappa shape index (κ1) is 9.40. The maximum Gasteiger partial charge on any atom is 0.0687 e. The Kier molecular flexibility index (Phi) is 5.44. The Morgan fingerprint density at radius 3 is 2.44 bits per heavy atom. The Balaban J connectivity index is 3.32. The monoisotopic (exact) mass is 196 g/mol. The summed E-state index contributed by atoms with van der Waals surface area (Å²) in [6, 6.07) is 0. The van der Waals surface area contributed by atoms with Crippen LogP contribution in [0.2, 0.25) is 0 Å². The molecule has 0 rings (SSSR count). The quantitative estimate of drug-likeness (QED) is 0.657. The summed E-state index contributed by atoms with van der Waals surface area (Å²) in [7, 11) is 0. The fourth-order valence-corrected chi connectivity index (χ4v) is 0.863. The molecule has 2 unspecified atom stereocenters. The number of aliphatic hydroxyl groups excluding tert-OH is 2. The van der Waals surface area contributed by atoms with Gasteiger partial charge in [0, 0.05) is 0 Å². The number of hydrogen-bond donors (Lipinski definition) is 2. The first-order chi connectivity index (χ1) is 4.22. The molecule has 0 saturated carbocycles. The topological polar surface area (TPSA) is 40.5 Å². The van der Waals surface area contributed by atoms with E-state index in [-0.39, 0.29) is 11.4 Å². The third-order valence-corrected chi connectivity index (χ3v) is 2.08. The molecule has 2 N–H and O–H groups in total. The van der Waals surface area contributed by atoms with Crippen LogP contribution in [0.5, 0.6) is 0 Å². The standard InChI is InChI=1S/C6H13BrO2/c1-2-3-6(9)5(7)4-8/h5-6,8-9H,2-4H2,1H3. The summed E-state index contributed by atoms with van der Waals surface area (Å²) in [6.07, 6.45) is 1.29. The molecule has 0 bridgehead atoms. The molecule has 0 amide bonds. The Morgan fingerprint density at radius 1 is 1.56 bits per heavy atom. The highest BCUT2D eigenvalue weighted by molar-refractivity contribution is 9.09. The van der Waals surface area contributed by atoms with E-state index in [0.717, 1.165) is 12.8 Å². The van der Waals surface area contributed by atoms with Crippen LogP contribution in [0.1, 0.15) is 19.8 Å². The van der Waals surface area contributed by atoms with Crippen molar-refractivity contribution in [2.24, 2.45) is 0 Å². The molecule has 0 aliphatic rings. The Bertz CT molecular complexity index is 68.1. The van der Waals surface area contributed by atoms with E-state index < -0.39 is 6.10 Å². The molecule has 0 aliphatic carbocycles. The van der Waals surface area contributed by atoms with E-state index in [9.17, 15) is 0 Å². The molecule has 0 fully saturated rings. The van der Waals surface area contributed by atoms with Gasteiger partial charge in [-0.15, -0.1) is 0 Å². The maximum absolute atomic E-state index is 9.11. The van der Waals surface area contributed by atoms with Crippen LogP contribution in [0, 0.1) is 0 Å². The van der Waals surface area contributed by atoms with E-state index in [1.54, 1.807) is 0 Å². The average molecular weight is 197 g/mol. The van der Waals surface area contributed by atoms with Crippen molar-refractivity contribution in [2.45, 2.75) is 30.7 Å². The van der Waals surface area contributed by atoms with Crippen LogP contribution < -0.4 is 0 Å². The molecule has 0 aromatic rings. The van der Waals surface area contributed by atoms with Gasteiger partial charge in [-0.3, -0.25) is 0 Å². The van der Waals surface area contributed by atoms with Crippen LogP contribution in [0.15, 0.2) is 0 Å². The van der Waals surface area contributed by atoms with Crippen LogP contribution in [0.3, 0.4) is 0 Å². The predicted octanol–water partition coefficient (Wildman–Crippen LogP) is 0.903. The molecule has 0 aromatic carbocycles. The van der Waals surface area contributed by atoms with E-state index in [2.05, 4.69) is 15.9 Å². The normalized spacial score (nSPS) is 17.3. The Morgan fingerprint density at radius 2 is 2.11 bits per heavy atom. The van der Waals surface area contributed by atoms with Crippen molar-refractivity contribution in [1.29, 1.82) is 0 Å². The van der Waals surface area contributed by atoms with E-state index in [1.165, 1.54) is 0 Å². The minimum Gasteiger partial charge on any atom is -0.395 e. The van der Waals surface area contributed by atoms with Gasteiger partial charge in [-0.05, 0) is 6.42 Å². The van der Waals surface area contributed by atoms with Gasteiger partial charge in [0.05, 0.1) is 17.5 Å². The van der Waals surface area contributed by atoms with Gasteiger partial charge >= 0.3 is 0 Å². The van der Waals surface area contributed by atoms with Crippen molar-refractivity contribution >= 4 is 15.9 Å². The molecule has 56 valence electrons. The molecule has 0 aliphatic heterocycles. The summed E-state index contributed by atoms with van der Waals surface area (Å²) in [5.74, 6) is 0. The number of halogens is 1. The third-order valence-electron chi connectivity index (χ3n) is 1.18. The first-order valence-electron chi connectivity index (χ1n) is 3.15.